The Hall–Kier alpha value is -0.710. The number of Topliss-reactive ketones (excluding diaryl/α,β-unsaturated/α-hetero) is 1. The van der Waals surface area contributed by atoms with E-state index in [4.69, 9.17) is 4.74 Å². The summed E-state index contributed by atoms with van der Waals surface area (Å²) < 4.78 is 6.39. The Morgan fingerprint density at radius 3 is 2.42 bits per heavy atom. The number of carbonyl (C=O) groups excluding carboxylic acids is 1. The summed E-state index contributed by atoms with van der Waals surface area (Å²) >= 11 is 0. The van der Waals surface area contributed by atoms with Gasteiger partial charge in [0.25, 0.3) is 0 Å². The summed E-state index contributed by atoms with van der Waals surface area (Å²) in [6, 6.07) is 0. The van der Waals surface area contributed by atoms with E-state index in [-0.39, 0.29) is 23.0 Å². The first-order chi connectivity index (χ1) is 10.9. The van der Waals surface area contributed by atoms with Crippen LogP contribution >= 0.6 is 0 Å². The Morgan fingerprint density at radius 1 is 1.21 bits per heavy atom. The van der Waals surface area contributed by atoms with E-state index in [0.29, 0.717) is 19.3 Å². The van der Waals surface area contributed by atoms with Crippen LogP contribution in [0.3, 0.4) is 0 Å². The molecule has 3 fully saturated rings. The summed E-state index contributed by atoms with van der Waals surface area (Å²) in [5, 5.41) is 21.7. The molecule has 136 valence electrons. The standard InChI is InChI=1S/C20H32O4/c1-7-19(5)15(23)10-13-18(4)9-8-14(22)17(2,3)16(18)12(21)11-20(13,6)24-19/h7,12-13,15-16,21,23H,1,8-11H2,2-6H3/t12-,13-,15-,16-,18+,19+,20+/m1/s1. The summed E-state index contributed by atoms with van der Waals surface area (Å²) in [7, 11) is 0. The topological polar surface area (TPSA) is 66.8 Å². The maximum atomic E-state index is 12.5. The molecule has 2 N–H and O–H groups in total. The van der Waals surface area contributed by atoms with Crippen molar-refractivity contribution in [2.45, 2.75) is 83.7 Å². The molecule has 4 nitrogen and oxygen atoms in total. The first-order valence-electron chi connectivity index (χ1n) is 9.14. The number of hydrogen-bond donors (Lipinski definition) is 2. The van der Waals surface area contributed by atoms with Crippen LogP contribution in [0.25, 0.3) is 0 Å². The Balaban J connectivity index is 2.06. The van der Waals surface area contributed by atoms with Crippen LogP contribution in [0.2, 0.25) is 0 Å². The van der Waals surface area contributed by atoms with Gasteiger partial charge >= 0.3 is 0 Å². The van der Waals surface area contributed by atoms with Gasteiger partial charge in [0, 0.05) is 24.2 Å². The highest BCUT2D eigenvalue weighted by molar-refractivity contribution is 5.85. The molecule has 0 spiro atoms. The minimum Gasteiger partial charge on any atom is -0.393 e. The molecular weight excluding hydrogens is 304 g/mol. The number of ether oxygens (including phenoxy) is 1. The average molecular weight is 336 g/mol. The Morgan fingerprint density at radius 2 is 1.83 bits per heavy atom. The van der Waals surface area contributed by atoms with Gasteiger partial charge in [-0.15, -0.1) is 6.58 Å². The molecule has 2 saturated carbocycles. The van der Waals surface area contributed by atoms with Gasteiger partial charge in [0.2, 0.25) is 0 Å². The van der Waals surface area contributed by atoms with Gasteiger partial charge in [-0.1, -0.05) is 26.8 Å². The van der Waals surface area contributed by atoms with Crippen LogP contribution in [-0.4, -0.2) is 39.4 Å². The molecule has 0 aromatic carbocycles. The van der Waals surface area contributed by atoms with Crippen molar-refractivity contribution in [3.05, 3.63) is 12.7 Å². The van der Waals surface area contributed by atoms with Crippen LogP contribution in [0, 0.1) is 22.7 Å². The van der Waals surface area contributed by atoms with E-state index in [9.17, 15) is 15.0 Å². The van der Waals surface area contributed by atoms with Crippen LogP contribution in [0.5, 0.6) is 0 Å². The highest BCUT2D eigenvalue weighted by Crippen LogP contribution is 2.64. The molecule has 2 aliphatic carbocycles. The van der Waals surface area contributed by atoms with Crippen molar-refractivity contribution >= 4 is 5.78 Å². The number of carbonyl (C=O) groups is 1. The maximum Gasteiger partial charge on any atom is 0.138 e. The highest BCUT2D eigenvalue weighted by Gasteiger charge is 2.67. The Kier molecular flexibility index (Phi) is 3.88. The molecule has 3 rings (SSSR count). The first kappa shape index (κ1) is 18.1. The van der Waals surface area contributed by atoms with Gasteiger partial charge in [0.05, 0.1) is 17.8 Å². The predicted octanol–water partition coefficient (Wildman–Crippen LogP) is 2.86. The average Bonchev–Trinajstić information content (AvgIpc) is 2.45. The third kappa shape index (κ3) is 2.19. The lowest BCUT2D eigenvalue weighted by Gasteiger charge is -2.66. The van der Waals surface area contributed by atoms with Crippen LogP contribution < -0.4 is 0 Å². The molecule has 0 amide bonds. The van der Waals surface area contributed by atoms with Crippen LogP contribution in [-0.2, 0) is 9.53 Å². The fraction of sp³-hybridized carbons (Fsp3) is 0.850. The third-order valence-electron chi connectivity index (χ3n) is 7.61. The molecule has 4 heteroatoms. The monoisotopic (exact) mass is 336 g/mol. The summed E-state index contributed by atoms with van der Waals surface area (Å²) in [5.41, 5.74) is -2.09. The lowest BCUT2D eigenvalue weighted by atomic mass is 9.43. The summed E-state index contributed by atoms with van der Waals surface area (Å²) in [5.74, 6) is 0.239. The molecule has 0 radical (unpaired) electrons. The predicted molar refractivity (Wildman–Crippen MR) is 92.4 cm³/mol. The molecule has 1 heterocycles. The van der Waals surface area contributed by atoms with E-state index >= 15 is 0 Å². The SMILES string of the molecule is C=C[C@]1(C)O[C@@]2(C)C[C@@H](O)[C@@H]3C(C)(C)C(=O)CC[C@@]3(C)[C@H]2C[C@H]1O. The molecule has 3 aliphatic rings. The molecule has 0 aromatic rings. The van der Waals surface area contributed by atoms with Gasteiger partial charge < -0.3 is 14.9 Å². The summed E-state index contributed by atoms with van der Waals surface area (Å²) in [6.07, 6.45) is 2.86. The second-order valence-corrected chi connectivity index (χ2v) is 9.51. The lowest BCUT2D eigenvalue weighted by molar-refractivity contribution is -0.297. The summed E-state index contributed by atoms with van der Waals surface area (Å²) in [4.78, 5) is 12.5. The molecule has 0 unspecified atom stereocenters. The van der Waals surface area contributed by atoms with Crippen molar-refractivity contribution in [3.8, 4) is 0 Å². The molecular formula is C20H32O4. The van der Waals surface area contributed by atoms with E-state index in [1.165, 1.54) is 0 Å². The van der Waals surface area contributed by atoms with Crippen LogP contribution in [0.4, 0.5) is 0 Å². The van der Waals surface area contributed by atoms with E-state index in [0.717, 1.165) is 6.42 Å². The number of aliphatic hydroxyl groups excluding tert-OH is 2. The molecule has 7 atom stereocenters. The van der Waals surface area contributed by atoms with E-state index in [1.54, 1.807) is 6.08 Å². The molecule has 24 heavy (non-hydrogen) atoms. The maximum absolute atomic E-state index is 12.5. The number of rotatable bonds is 1. The van der Waals surface area contributed by atoms with Gasteiger partial charge in [-0.25, -0.2) is 0 Å². The number of hydrogen-bond acceptors (Lipinski definition) is 4. The van der Waals surface area contributed by atoms with E-state index in [2.05, 4.69) is 20.4 Å². The Labute approximate surface area is 145 Å². The van der Waals surface area contributed by atoms with Crippen molar-refractivity contribution < 1.29 is 19.7 Å². The molecule has 1 aliphatic heterocycles. The number of ketones is 1. The lowest BCUT2D eigenvalue weighted by Crippen LogP contribution is -2.70. The fourth-order valence-corrected chi connectivity index (χ4v) is 6.38. The second kappa shape index (κ2) is 5.15. The minimum absolute atomic E-state index is 0.104. The van der Waals surface area contributed by atoms with E-state index < -0.39 is 28.8 Å². The molecule has 0 bridgehead atoms. The van der Waals surface area contributed by atoms with Crippen molar-refractivity contribution in [1.82, 2.24) is 0 Å². The van der Waals surface area contributed by atoms with Gasteiger partial charge in [-0.3, -0.25) is 4.79 Å². The van der Waals surface area contributed by atoms with Crippen molar-refractivity contribution in [1.29, 1.82) is 0 Å². The van der Waals surface area contributed by atoms with Crippen molar-refractivity contribution in [3.63, 3.8) is 0 Å². The quantitative estimate of drug-likeness (QED) is 0.723. The summed E-state index contributed by atoms with van der Waals surface area (Å²) in [6.45, 7) is 13.9. The van der Waals surface area contributed by atoms with Gasteiger partial charge in [-0.05, 0) is 38.0 Å². The minimum atomic E-state index is -0.797. The first-order valence-corrected chi connectivity index (χ1v) is 9.14. The van der Waals surface area contributed by atoms with Crippen LogP contribution in [0.15, 0.2) is 12.7 Å². The number of fused-ring (bicyclic) bond motifs is 3. The largest absolute Gasteiger partial charge is 0.393 e. The van der Waals surface area contributed by atoms with Crippen LogP contribution in [0.1, 0.15) is 60.3 Å². The smallest absolute Gasteiger partial charge is 0.138 e. The van der Waals surface area contributed by atoms with Crippen molar-refractivity contribution in [2.75, 3.05) is 0 Å². The van der Waals surface area contributed by atoms with Gasteiger partial charge in [-0.2, -0.15) is 0 Å². The fourth-order valence-electron chi connectivity index (χ4n) is 6.38. The normalized spacial score (nSPS) is 53.9. The van der Waals surface area contributed by atoms with Gasteiger partial charge in [0.15, 0.2) is 0 Å². The Bertz CT molecular complexity index is 570. The highest BCUT2D eigenvalue weighted by atomic mass is 16.5. The van der Waals surface area contributed by atoms with E-state index in [1.807, 2.05) is 20.8 Å². The zero-order valence-electron chi connectivity index (χ0n) is 15.6. The van der Waals surface area contributed by atoms with Gasteiger partial charge in [0.1, 0.15) is 11.4 Å². The third-order valence-corrected chi connectivity index (χ3v) is 7.61. The zero-order valence-corrected chi connectivity index (χ0v) is 15.6. The molecule has 0 aromatic heterocycles. The second-order valence-electron chi connectivity index (χ2n) is 9.51. The zero-order chi connectivity index (χ0) is 18.1. The number of aliphatic hydroxyl groups is 2. The van der Waals surface area contributed by atoms with Crippen molar-refractivity contribution in [2.24, 2.45) is 22.7 Å². The molecule has 1 saturated heterocycles.